The monoisotopic (exact) mass is 600 g/mol. The second-order valence-electron chi connectivity index (χ2n) is 6.34. The maximum absolute atomic E-state index is 13.4. The minimum absolute atomic E-state index is 0.0663. The third-order valence-corrected chi connectivity index (χ3v) is 11.7. The number of hydrogen-bond acceptors (Lipinski definition) is 5. The summed E-state index contributed by atoms with van der Waals surface area (Å²) >= 11 is 3.91. The first-order valence-electron chi connectivity index (χ1n) is 7.46. The molecule has 0 amide bonds. The van der Waals surface area contributed by atoms with E-state index in [1.165, 1.54) is 6.07 Å². The highest BCUT2D eigenvalue weighted by atomic mass is 127. The van der Waals surface area contributed by atoms with Gasteiger partial charge in [0.2, 0.25) is 0 Å². The molecule has 0 aliphatic carbocycles. The van der Waals surface area contributed by atoms with E-state index in [4.69, 9.17) is 4.74 Å². The summed E-state index contributed by atoms with van der Waals surface area (Å²) in [5.74, 6) is 0. The van der Waals surface area contributed by atoms with Crippen LogP contribution in [0, 0.1) is 7.14 Å². The van der Waals surface area contributed by atoms with Crippen LogP contribution in [0.4, 0.5) is 0 Å². The Hall–Kier alpha value is -0.240. The lowest BCUT2D eigenvalue weighted by molar-refractivity contribution is 0.0730. The lowest BCUT2D eigenvalue weighted by Crippen LogP contribution is -2.47. The second kappa shape index (κ2) is 5.18. The molecular formula is C16H10I2O5S2. The van der Waals surface area contributed by atoms with Gasteiger partial charge < -0.3 is 4.74 Å². The van der Waals surface area contributed by atoms with Crippen LogP contribution in [0.1, 0.15) is 23.3 Å². The van der Waals surface area contributed by atoms with Gasteiger partial charge in [-0.15, -0.1) is 0 Å². The first kappa shape index (κ1) is 16.9. The normalized spacial score (nSPS) is 32.7. The van der Waals surface area contributed by atoms with E-state index >= 15 is 0 Å². The topological polar surface area (TPSA) is 77.5 Å². The van der Waals surface area contributed by atoms with Gasteiger partial charge in [-0.25, -0.2) is 16.8 Å². The Morgan fingerprint density at radius 2 is 1.40 bits per heavy atom. The number of ether oxygens (including phenoxy) is 1. The molecule has 4 unspecified atom stereocenters. The fourth-order valence-corrected chi connectivity index (χ4v) is 12.9. The molecule has 5 rings (SSSR count). The van der Waals surface area contributed by atoms with E-state index in [2.05, 4.69) is 0 Å². The number of fused-ring (bicyclic) bond motifs is 9. The Kier molecular flexibility index (Phi) is 3.50. The number of sulfone groups is 2. The summed E-state index contributed by atoms with van der Waals surface area (Å²) in [5, 5.41) is -2.17. The first-order chi connectivity index (χ1) is 11.7. The Morgan fingerprint density at radius 3 is 2.00 bits per heavy atom. The van der Waals surface area contributed by atoms with Crippen LogP contribution >= 0.6 is 45.2 Å². The number of rotatable bonds is 0. The predicted molar refractivity (Wildman–Crippen MR) is 107 cm³/mol. The van der Waals surface area contributed by atoms with Crippen molar-refractivity contribution in [1.29, 1.82) is 0 Å². The fraction of sp³-hybridized carbons (Fsp3) is 0.250. The highest BCUT2D eigenvalue weighted by Crippen LogP contribution is 2.59. The summed E-state index contributed by atoms with van der Waals surface area (Å²) in [6.07, 6.45) is -1.45. The lowest BCUT2D eigenvalue weighted by atomic mass is 9.91. The molecule has 130 valence electrons. The molecular weight excluding hydrogens is 590 g/mol. The fourth-order valence-electron chi connectivity index (χ4n) is 4.17. The first-order valence-corrected chi connectivity index (χ1v) is 12.7. The second-order valence-corrected chi connectivity index (χ2v) is 12.9. The smallest absolute Gasteiger partial charge is 0.187 e. The van der Waals surface area contributed by atoms with Gasteiger partial charge in [0.15, 0.2) is 19.7 Å². The SMILES string of the molecule is O=S1(=O)c2cc(I)cc(I)c2S(=O)(=O)C2C3OC(c4ccccc43)C21. The molecule has 3 aliphatic heterocycles. The molecule has 3 heterocycles. The Bertz CT molecular complexity index is 1160. The number of halogens is 2. The van der Waals surface area contributed by atoms with Gasteiger partial charge in [0.05, 0.1) is 9.79 Å². The minimum atomic E-state index is -3.83. The summed E-state index contributed by atoms with van der Waals surface area (Å²) in [7, 11) is -7.65. The highest BCUT2D eigenvalue weighted by Gasteiger charge is 2.66. The lowest BCUT2D eigenvalue weighted by Gasteiger charge is -2.34. The van der Waals surface area contributed by atoms with E-state index in [9.17, 15) is 16.8 Å². The molecule has 2 aromatic rings. The van der Waals surface area contributed by atoms with E-state index in [-0.39, 0.29) is 9.79 Å². The van der Waals surface area contributed by atoms with Crippen molar-refractivity contribution in [1.82, 2.24) is 0 Å². The molecule has 4 atom stereocenters. The third kappa shape index (κ3) is 2.01. The Labute approximate surface area is 172 Å². The van der Waals surface area contributed by atoms with Gasteiger partial charge in [-0.1, -0.05) is 24.3 Å². The Balaban J connectivity index is 1.87. The predicted octanol–water partition coefficient (Wildman–Crippen LogP) is 3.02. The van der Waals surface area contributed by atoms with Crippen molar-refractivity contribution in [3.05, 3.63) is 54.7 Å². The average molecular weight is 600 g/mol. The van der Waals surface area contributed by atoms with Crippen LogP contribution in [-0.4, -0.2) is 27.3 Å². The number of hydrogen-bond donors (Lipinski definition) is 0. The summed E-state index contributed by atoms with van der Waals surface area (Å²) in [6, 6.07) is 10.4. The van der Waals surface area contributed by atoms with Crippen LogP contribution < -0.4 is 0 Å². The molecule has 2 bridgehead atoms. The van der Waals surface area contributed by atoms with E-state index in [0.29, 0.717) is 7.14 Å². The van der Waals surface area contributed by atoms with Gasteiger partial charge in [-0.2, -0.15) is 0 Å². The minimum Gasteiger partial charge on any atom is -0.363 e. The van der Waals surface area contributed by atoms with E-state index in [1.54, 1.807) is 6.07 Å². The summed E-state index contributed by atoms with van der Waals surface area (Å²) < 4.78 is 60.4. The summed E-state index contributed by atoms with van der Waals surface area (Å²) in [6.45, 7) is 0. The van der Waals surface area contributed by atoms with Gasteiger partial charge in [0.1, 0.15) is 22.7 Å². The molecule has 0 radical (unpaired) electrons. The summed E-state index contributed by atoms with van der Waals surface area (Å²) in [5.41, 5.74) is 1.58. The maximum Gasteiger partial charge on any atom is 0.187 e. The molecule has 5 nitrogen and oxygen atoms in total. The van der Waals surface area contributed by atoms with Crippen LogP contribution in [-0.2, 0) is 24.4 Å². The molecule has 2 aromatic carbocycles. The molecule has 0 N–H and O–H groups in total. The number of benzene rings is 2. The highest BCUT2D eigenvalue weighted by molar-refractivity contribution is 14.1. The summed E-state index contributed by atoms with van der Waals surface area (Å²) in [4.78, 5) is -0.151. The quantitative estimate of drug-likeness (QED) is 0.435. The zero-order valence-electron chi connectivity index (χ0n) is 12.4. The zero-order valence-corrected chi connectivity index (χ0v) is 18.3. The van der Waals surface area contributed by atoms with Gasteiger partial charge in [-0.3, -0.25) is 0 Å². The van der Waals surface area contributed by atoms with Crippen molar-refractivity contribution in [2.24, 2.45) is 0 Å². The van der Waals surface area contributed by atoms with Crippen molar-refractivity contribution < 1.29 is 21.6 Å². The van der Waals surface area contributed by atoms with Crippen LogP contribution in [0.15, 0.2) is 46.2 Å². The standard InChI is InChI=1S/C16H10I2O5S2/c17-7-5-10(18)14-11(6-7)24(19,20)15-12-8-3-1-2-4-9(8)13(23-12)16(15)25(14,21)22/h1-6,12-13,15-16H. The van der Waals surface area contributed by atoms with Crippen LogP contribution in [0.5, 0.6) is 0 Å². The molecule has 1 saturated heterocycles. The largest absolute Gasteiger partial charge is 0.363 e. The average Bonchev–Trinajstić information content (AvgIpc) is 3.10. The van der Waals surface area contributed by atoms with E-state index in [0.717, 1.165) is 11.1 Å². The van der Waals surface area contributed by atoms with Crippen molar-refractivity contribution in [3.63, 3.8) is 0 Å². The van der Waals surface area contributed by atoms with Crippen molar-refractivity contribution in [2.45, 2.75) is 32.5 Å². The van der Waals surface area contributed by atoms with Crippen LogP contribution in [0.3, 0.4) is 0 Å². The van der Waals surface area contributed by atoms with E-state index in [1.807, 2.05) is 69.4 Å². The zero-order chi connectivity index (χ0) is 17.7. The van der Waals surface area contributed by atoms with Crippen LogP contribution in [0.25, 0.3) is 0 Å². The molecule has 9 heteroatoms. The molecule has 1 fully saturated rings. The Morgan fingerprint density at radius 1 is 0.840 bits per heavy atom. The third-order valence-electron chi connectivity index (χ3n) is 5.10. The molecule has 0 aromatic heterocycles. The molecule has 0 spiro atoms. The van der Waals surface area contributed by atoms with Gasteiger partial charge >= 0.3 is 0 Å². The van der Waals surface area contributed by atoms with Gasteiger partial charge in [0, 0.05) is 7.14 Å². The molecule has 3 aliphatic rings. The van der Waals surface area contributed by atoms with Crippen molar-refractivity contribution in [3.8, 4) is 0 Å². The van der Waals surface area contributed by atoms with E-state index < -0.39 is 42.4 Å². The van der Waals surface area contributed by atoms with Gasteiger partial charge in [0.25, 0.3) is 0 Å². The maximum atomic E-state index is 13.4. The van der Waals surface area contributed by atoms with Gasteiger partial charge in [-0.05, 0) is 68.4 Å². The van der Waals surface area contributed by atoms with Crippen LogP contribution in [0.2, 0.25) is 0 Å². The van der Waals surface area contributed by atoms with Crippen molar-refractivity contribution >= 4 is 64.9 Å². The molecule has 25 heavy (non-hydrogen) atoms. The molecule has 0 saturated carbocycles. The van der Waals surface area contributed by atoms with Crippen molar-refractivity contribution in [2.75, 3.05) is 0 Å².